The summed E-state index contributed by atoms with van der Waals surface area (Å²) in [5.74, 6) is 3.42. The summed E-state index contributed by atoms with van der Waals surface area (Å²) in [6, 6.07) is 10.0. The summed E-state index contributed by atoms with van der Waals surface area (Å²) in [7, 11) is 10.2. The van der Waals surface area contributed by atoms with E-state index < -0.39 is 0 Å². The summed E-state index contributed by atoms with van der Waals surface area (Å²) in [6.45, 7) is 1.57. The van der Waals surface area contributed by atoms with E-state index in [1.807, 2.05) is 31.4 Å². The second-order valence-electron chi connectivity index (χ2n) is 7.02. The first-order valence-electron chi connectivity index (χ1n) is 10.2. The minimum Gasteiger partial charge on any atom is -0.855 e. The molecule has 0 aliphatic heterocycles. The van der Waals surface area contributed by atoms with Crippen LogP contribution in [0.3, 0.4) is 0 Å². The van der Waals surface area contributed by atoms with Crippen LogP contribution in [-0.2, 0) is 7.05 Å². The van der Waals surface area contributed by atoms with Crippen molar-refractivity contribution in [3.8, 4) is 28.7 Å². The van der Waals surface area contributed by atoms with Gasteiger partial charge in [-0.15, -0.1) is 19.0 Å². The van der Waals surface area contributed by atoms with Gasteiger partial charge in [-0.05, 0) is 23.6 Å². The Labute approximate surface area is 199 Å². The third-order valence-electron chi connectivity index (χ3n) is 5.33. The monoisotopic (exact) mass is 475 g/mol. The normalized spacial score (nSPS) is 10.3. The molecule has 0 radical (unpaired) electrons. The van der Waals surface area contributed by atoms with Gasteiger partial charge in [0.15, 0.2) is 29.2 Å². The molecule has 4 rings (SSSR count). The molecule has 0 unspecified atom stereocenters. The number of ether oxygens (including phenoxy) is 5. The summed E-state index contributed by atoms with van der Waals surface area (Å²) in [5.41, 5.74) is 1.06. The average molecular weight is 476 g/mol. The Hall–Kier alpha value is -3.16. The number of hydrogen-bond acceptors (Lipinski definition) is 6. The third kappa shape index (κ3) is 4.51. The highest BCUT2D eigenvalue weighted by molar-refractivity contribution is 6.17. The lowest BCUT2D eigenvalue weighted by Gasteiger charge is -2.15. The maximum atomic E-state index is 8.93. The molecule has 178 valence electrons. The number of nitrogens with zero attached hydrogens (tertiary/aromatic N) is 1. The molecule has 0 spiro atoms. The highest BCUT2D eigenvalue weighted by Gasteiger charge is 2.23. The molecular weight excluding hydrogens is 446 g/mol. The average Bonchev–Trinajstić information content (AvgIpc) is 2.81. The lowest BCUT2D eigenvalue weighted by Crippen LogP contribution is -2.28. The molecule has 0 aliphatic carbocycles. The first kappa shape index (κ1) is 26.1. The van der Waals surface area contributed by atoms with Crippen molar-refractivity contribution in [3.63, 3.8) is 0 Å². The number of fused-ring (bicyclic) bond motifs is 5. The molecular formula is C25H30ClNO6. The van der Waals surface area contributed by atoms with E-state index in [4.69, 9.17) is 28.8 Å². The van der Waals surface area contributed by atoms with Crippen molar-refractivity contribution in [2.24, 2.45) is 7.05 Å². The van der Waals surface area contributed by atoms with Crippen LogP contribution in [0.1, 0.15) is 6.92 Å². The number of methoxy groups -OCH3 is 5. The van der Waals surface area contributed by atoms with E-state index >= 15 is 0 Å². The van der Waals surface area contributed by atoms with Crippen molar-refractivity contribution >= 4 is 44.9 Å². The van der Waals surface area contributed by atoms with Gasteiger partial charge in [-0.25, -0.2) is 0 Å². The number of rotatable bonds is 5. The van der Waals surface area contributed by atoms with Crippen LogP contribution in [0.5, 0.6) is 28.7 Å². The summed E-state index contributed by atoms with van der Waals surface area (Å²) in [4.78, 5) is 0. The molecule has 0 aliphatic rings. The Kier molecular flexibility index (Phi) is 8.79. The smallest absolute Gasteiger partial charge is 0.221 e. The fraction of sp³-hybridized carbons (Fsp3) is 0.320. The first-order valence-corrected chi connectivity index (χ1v) is 10.2. The SMILES string of the molecule is CC[O-].COc1cc2ccc3c4c(OC)cc(OC)c(OC)c4c[n+](C)c3c2cc1OC.Cl. The van der Waals surface area contributed by atoms with Gasteiger partial charge in [-0.2, -0.15) is 4.57 Å². The van der Waals surface area contributed by atoms with Crippen LogP contribution >= 0.6 is 12.4 Å². The molecule has 8 heteroatoms. The summed E-state index contributed by atoms with van der Waals surface area (Å²) >= 11 is 0. The minimum absolute atomic E-state index is 0. The molecule has 0 fully saturated rings. The van der Waals surface area contributed by atoms with Crippen LogP contribution in [0.25, 0.3) is 32.4 Å². The predicted octanol–water partition coefficient (Wildman–Crippen LogP) is 3.80. The first-order chi connectivity index (χ1) is 15.5. The van der Waals surface area contributed by atoms with E-state index in [9.17, 15) is 0 Å². The number of halogens is 1. The Morgan fingerprint density at radius 1 is 0.727 bits per heavy atom. The van der Waals surface area contributed by atoms with Gasteiger partial charge in [0.25, 0.3) is 0 Å². The topological polar surface area (TPSA) is 73.1 Å². The van der Waals surface area contributed by atoms with Crippen LogP contribution in [0, 0.1) is 0 Å². The molecule has 0 saturated heterocycles. The Bertz CT molecular complexity index is 1280. The van der Waals surface area contributed by atoms with E-state index in [2.05, 4.69) is 16.7 Å². The summed E-state index contributed by atoms with van der Waals surface area (Å²) < 4.78 is 30.0. The number of aromatic nitrogens is 1. The molecule has 0 atom stereocenters. The standard InChI is InChI=1S/C23H24NO5.C2H5O.ClH/c1-24-12-16-21(19(27-4)11-20(28-5)23(16)29-6)14-8-7-13-9-17(25-2)18(26-3)10-15(13)22(14)24;1-2-3;/h7-12H,1-6H3;2H2,1H3;1H/q+1;-1;. The summed E-state index contributed by atoms with van der Waals surface area (Å²) in [6.07, 6.45) is 2.04. The maximum Gasteiger partial charge on any atom is 0.221 e. The van der Waals surface area contributed by atoms with Crippen LogP contribution in [0.4, 0.5) is 0 Å². The van der Waals surface area contributed by atoms with Crippen LogP contribution in [0.2, 0.25) is 0 Å². The van der Waals surface area contributed by atoms with Crippen LogP contribution in [0.15, 0.2) is 36.5 Å². The van der Waals surface area contributed by atoms with Crippen molar-refractivity contribution in [2.45, 2.75) is 6.92 Å². The molecule has 4 aromatic rings. The molecule has 1 aromatic heterocycles. The van der Waals surface area contributed by atoms with Gasteiger partial charge in [0.1, 0.15) is 12.8 Å². The highest BCUT2D eigenvalue weighted by Crippen LogP contribution is 2.44. The van der Waals surface area contributed by atoms with Crippen molar-refractivity contribution < 1.29 is 33.4 Å². The number of aryl methyl sites for hydroxylation is 1. The van der Waals surface area contributed by atoms with Gasteiger partial charge in [0, 0.05) is 11.5 Å². The fourth-order valence-electron chi connectivity index (χ4n) is 4.03. The summed E-state index contributed by atoms with van der Waals surface area (Å²) in [5, 5.41) is 14.0. The van der Waals surface area contributed by atoms with Crippen LogP contribution < -0.4 is 33.4 Å². The minimum atomic E-state index is 0. The predicted molar refractivity (Wildman–Crippen MR) is 131 cm³/mol. The lowest BCUT2D eigenvalue weighted by molar-refractivity contribution is -0.642. The molecule has 0 saturated carbocycles. The van der Waals surface area contributed by atoms with E-state index in [1.54, 1.807) is 42.5 Å². The quantitative estimate of drug-likeness (QED) is 0.323. The van der Waals surface area contributed by atoms with Gasteiger partial charge in [-0.1, -0.05) is 13.0 Å². The second-order valence-corrected chi connectivity index (χ2v) is 7.02. The lowest BCUT2D eigenvalue weighted by atomic mass is 9.99. The van der Waals surface area contributed by atoms with Gasteiger partial charge in [-0.3, -0.25) is 0 Å². The van der Waals surface area contributed by atoms with Gasteiger partial charge in [0.05, 0.1) is 51.7 Å². The number of pyridine rings is 1. The van der Waals surface area contributed by atoms with E-state index in [0.29, 0.717) is 23.0 Å². The number of hydrogen-bond donors (Lipinski definition) is 0. The number of benzene rings is 3. The maximum absolute atomic E-state index is 8.93. The van der Waals surface area contributed by atoms with Crippen molar-refractivity contribution in [2.75, 3.05) is 42.2 Å². The van der Waals surface area contributed by atoms with Crippen molar-refractivity contribution in [3.05, 3.63) is 36.5 Å². The zero-order valence-corrected chi connectivity index (χ0v) is 20.8. The molecule has 0 N–H and O–H groups in total. The third-order valence-corrected chi connectivity index (χ3v) is 5.33. The Morgan fingerprint density at radius 2 is 1.30 bits per heavy atom. The van der Waals surface area contributed by atoms with Gasteiger partial charge in [0.2, 0.25) is 5.52 Å². The van der Waals surface area contributed by atoms with Crippen molar-refractivity contribution in [1.29, 1.82) is 0 Å². The Morgan fingerprint density at radius 3 is 1.85 bits per heavy atom. The molecule has 1 heterocycles. The molecule has 33 heavy (non-hydrogen) atoms. The molecule has 7 nitrogen and oxygen atoms in total. The second kappa shape index (κ2) is 11.1. The van der Waals surface area contributed by atoms with E-state index in [1.165, 1.54) is 0 Å². The van der Waals surface area contributed by atoms with E-state index in [-0.39, 0.29) is 19.0 Å². The zero-order valence-electron chi connectivity index (χ0n) is 20.0. The van der Waals surface area contributed by atoms with Gasteiger partial charge >= 0.3 is 0 Å². The molecule has 0 bridgehead atoms. The Balaban J connectivity index is 0.000000914. The zero-order chi connectivity index (χ0) is 23.4. The highest BCUT2D eigenvalue weighted by atomic mass is 35.5. The van der Waals surface area contributed by atoms with E-state index in [0.717, 1.165) is 38.2 Å². The fourth-order valence-corrected chi connectivity index (χ4v) is 4.03. The van der Waals surface area contributed by atoms with Gasteiger partial charge < -0.3 is 28.8 Å². The molecule has 0 amide bonds. The van der Waals surface area contributed by atoms with Crippen LogP contribution in [-0.4, -0.2) is 42.2 Å². The molecule has 3 aromatic carbocycles. The largest absolute Gasteiger partial charge is 0.855 e. The van der Waals surface area contributed by atoms with Crippen molar-refractivity contribution in [1.82, 2.24) is 0 Å².